The highest BCUT2D eigenvalue weighted by atomic mass is 32.1. The van der Waals surface area contributed by atoms with Crippen molar-refractivity contribution in [2.45, 2.75) is 38.6 Å². The van der Waals surface area contributed by atoms with E-state index in [1.165, 1.54) is 0 Å². The molecule has 1 aliphatic heterocycles. The third-order valence-electron chi connectivity index (χ3n) is 4.02. The molecule has 1 saturated heterocycles. The molecule has 1 aliphatic carbocycles. The van der Waals surface area contributed by atoms with Gasteiger partial charge in [-0.2, -0.15) is 0 Å². The summed E-state index contributed by atoms with van der Waals surface area (Å²) in [4.78, 5) is 12.7. The van der Waals surface area contributed by atoms with E-state index in [0.717, 1.165) is 12.8 Å². The lowest BCUT2D eigenvalue weighted by Crippen LogP contribution is -2.52. The lowest BCUT2D eigenvalue weighted by Gasteiger charge is -2.34. The Bertz CT molecular complexity index is 326. The molecule has 4 nitrogen and oxygen atoms in total. The van der Waals surface area contributed by atoms with E-state index < -0.39 is 5.41 Å². The maximum atomic E-state index is 12.3. The summed E-state index contributed by atoms with van der Waals surface area (Å²) in [5, 5.41) is 3.08. The standard InChI is InChI=1S/C12H20N2O2S/c1-2-8-7-9(8)14-11(15)12(10(13)17)3-5-16-6-4-12/h8-9H,2-7H2,1H3,(H2,13,17)(H,14,15). The van der Waals surface area contributed by atoms with Gasteiger partial charge in [0.2, 0.25) is 5.91 Å². The van der Waals surface area contributed by atoms with Gasteiger partial charge in [-0.15, -0.1) is 0 Å². The Hall–Kier alpha value is -0.680. The molecule has 1 saturated carbocycles. The van der Waals surface area contributed by atoms with Gasteiger partial charge in [0.15, 0.2) is 0 Å². The largest absolute Gasteiger partial charge is 0.392 e. The summed E-state index contributed by atoms with van der Waals surface area (Å²) in [5.41, 5.74) is 5.11. The van der Waals surface area contributed by atoms with Crippen LogP contribution in [0.15, 0.2) is 0 Å². The predicted octanol–water partition coefficient (Wildman–Crippen LogP) is 0.984. The normalized spacial score (nSPS) is 30.6. The molecule has 0 aromatic heterocycles. The van der Waals surface area contributed by atoms with Gasteiger partial charge in [-0.1, -0.05) is 25.6 Å². The van der Waals surface area contributed by atoms with Crippen LogP contribution in [0.25, 0.3) is 0 Å². The fourth-order valence-electron chi connectivity index (χ4n) is 2.49. The summed E-state index contributed by atoms with van der Waals surface area (Å²) in [6.07, 6.45) is 3.43. The molecule has 2 fully saturated rings. The van der Waals surface area contributed by atoms with Gasteiger partial charge in [-0.05, 0) is 25.2 Å². The quantitative estimate of drug-likeness (QED) is 0.736. The fraction of sp³-hybridized carbons (Fsp3) is 0.833. The first-order valence-corrected chi connectivity index (χ1v) is 6.69. The number of hydrogen-bond donors (Lipinski definition) is 2. The number of carbonyl (C=O) groups excluding carboxylic acids is 1. The number of carbonyl (C=O) groups is 1. The van der Waals surface area contributed by atoms with Gasteiger partial charge >= 0.3 is 0 Å². The van der Waals surface area contributed by atoms with E-state index in [4.69, 9.17) is 22.7 Å². The maximum absolute atomic E-state index is 12.3. The lowest BCUT2D eigenvalue weighted by atomic mass is 9.79. The third kappa shape index (κ3) is 2.45. The van der Waals surface area contributed by atoms with Crippen molar-refractivity contribution in [3.8, 4) is 0 Å². The summed E-state index contributed by atoms with van der Waals surface area (Å²) >= 11 is 5.10. The zero-order valence-corrected chi connectivity index (χ0v) is 11.0. The van der Waals surface area contributed by atoms with Crippen molar-refractivity contribution in [2.24, 2.45) is 17.1 Å². The van der Waals surface area contributed by atoms with E-state index in [1.54, 1.807) is 0 Å². The second-order valence-corrected chi connectivity index (χ2v) is 5.48. The van der Waals surface area contributed by atoms with E-state index in [1.807, 2.05) is 0 Å². The lowest BCUT2D eigenvalue weighted by molar-refractivity contribution is -0.131. The second-order valence-electron chi connectivity index (χ2n) is 5.04. The highest BCUT2D eigenvalue weighted by Crippen LogP contribution is 2.36. The minimum Gasteiger partial charge on any atom is -0.392 e. The molecule has 2 aliphatic rings. The first-order chi connectivity index (χ1) is 8.10. The van der Waals surface area contributed by atoms with E-state index in [0.29, 0.717) is 43.0 Å². The average Bonchev–Trinajstić information content (AvgIpc) is 3.08. The van der Waals surface area contributed by atoms with Crippen LogP contribution >= 0.6 is 12.2 Å². The Labute approximate surface area is 107 Å². The molecule has 96 valence electrons. The third-order valence-corrected chi connectivity index (χ3v) is 4.41. The molecule has 3 N–H and O–H groups in total. The molecule has 0 bridgehead atoms. The highest BCUT2D eigenvalue weighted by molar-refractivity contribution is 7.80. The number of amides is 1. The van der Waals surface area contributed by atoms with Gasteiger partial charge in [0.05, 0.1) is 4.99 Å². The summed E-state index contributed by atoms with van der Waals surface area (Å²) in [7, 11) is 0. The molecule has 0 aromatic rings. The molecule has 0 spiro atoms. The highest BCUT2D eigenvalue weighted by Gasteiger charge is 2.46. The number of rotatable bonds is 4. The summed E-state index contributed by atoms with van der Waals surface area (Å²) in [5.74, 6) is 0.649. The fourth-order valence-corrected chi connectivity index (χ4v) is 2.78. The summed E-state index contributed by atoms with van der Waals surface area (Å²) in [6, 6.07) is 0.335. The molecule has 2 unspecified atom stereocenters. The van der Waals surface area contributed by atoms with Crippen molar-refractivity contribution in [1.82, 2.24) is 5.32 Å². The molecule has 5 heteroatoms. The van der Waals surface area contributed by atoms with E-state index in [9.17, 15) is 4.79 Å². The van der Waals surface area contributed by atoms with Crippen molar-refractivity contribution in [1.29, 1.82) is 0 Å². The van der Waals surface area contributed by atoms with Gasteiger partial charge in [0.1, 0.15) is 5.41 Å². The van der Waals surface area contributed by atoms with Crippen molar-refractivity contribution < 1.29 is 9.53 Å². The van der Waals surface area contributed by atoms with E-state index >= 15 is 0 Å². The van der Waals surface area contributed by atoms with Gasteiger partial charge in [-0.25, -0.2) is 0 Å². The zero-order valence-electron chi connectivity index (χ0n) is 10.2. The second kappa shape index (κ2) is 4.90. The minimum atomic E-state index is -0.672. The number of nitrogens with two attached hydrogens (primary N) is 1. The van der Waals surface area contributed by atoms with Gasteiger partial charge in [-0.3, -0.25) is 4.79 Å². The first kappa shape index (κ1) is 12.8. The topological polar surface area (TPSA) is 64.4 Å². The van der Waals surface area contributed by atoms with Crippen LogP contribution in [0.1, 0.15) is 32.6 Å². The van der Waals surface area contributed by atoms with Crippen molar-refractivity contribution in [2.75, 3.05) is 13.2 Å². The average molecular weight is 256 g/mol. The van der Waals surface area contributed by atoms with Crippen LogP contribution in [-0.2, 0) is 9.53 Å². The van der Waals surface area contributed by atoms with E-state index in [-0.39, 0.29) is 5.91 Å². The van der Waals surface area contributed by atoms with Crippen LogP contribution in [0, 0.1) is 11.3 Å². The monoisotopic (exact) mass is 256 g/mol. The Morgan fingerprint density at radius 1 is 1.53 bits per heavy atom. The smallest absolute Gasteiger partial charge is 0.233 e. The van der Waals surface area contributed by atoms with Crippen molar-refractivity contribution in [3.05, 3.63) is 0 Å². The predicted molar refractivity (Wildman–Crippen MR) is 69.6 cm³/mol. The molecule has 1 amide bonds. The Balaban J connectivity index is 2.00. The van der Waals surface area contributed by atoms with Crippen LogP contribution in [0.5, 0.6) is 0 Å². The zero-order chi connectivity index (χ0) is 12.5. The van der Waals surface area contributed by atoms with Crippen LogP contribution in [0.2, 0.25) is 0 Å². The van der Waals surface area contributed by atoms with Crippen molar-refractivity contribution >= 4 is 23.1 Å². The number of ether oxygens (including phenoxy) is 1. The molecule has 2 rings (SSSR count). The first-order valence-electron chi connectivity index (χ1n) is 6.29. The van der Waals surface area contributed by atoms with Crippen LogP contribution in [-0.4, -0.2) is 30.2 Å². The molecular weight excluding hydrogens is 236 g/mol. The molecule has 0 aromatic carbocycles. The molecule has 2 atom stereocenters. The Morgan fingerprint density at radius 3 is 2.65 bits per heavy atom. The summed E-state index contributed by atoms with van der Waals surface area (Å²) in [6.45, 7) is 3.27. The van der Waals surface area contributed by atoms with Crippen LogP contribution < -0.4 is 11.1 Å². The van der Waals surface area contributed by atoms with Gasteiger partial charge in [0.25, 0.3) is 0 Å². The van der Waals surface area contributed by atoms with Crippen LogP contribution in [0.4, 0.5) is 0 Å². The maximum Gasteiger partial charge on any atom is 0.233 e. The minimum absolute atomic E-state index is 0.00856. The Kier molecular flexibility index (Phi) is 3.68. The number of nitrogens with one attached hydrogen (secondary N) is 1. The molecule has 0 radical (unpaired) electrons. The number of thiocarbonyl (C=S) groups is 1. The molecule has 1 heterocycles. The van der Waals surface area contributed by atoms with Crippen molar-refractivity contribution in [3.63, 3.8) is 0 Å². The Morgan fingerprint density at radius 2 is 2.18 bits per heavy atom. The number of hydrogen-bond acceptors (Lipinski definition) is 3. The van der Waals surface area contributed by atoms with Gasteiger partial charge < -0.3 is 15.8 Å². The van der Waals surface area contributed by atoms with Gasteiger partial charge in [0, 0.05) is 19.3 Å². The SMILES string of the molecule is CCC1CC1NC(=O)C1(C(N)=S)CCOCC1. The van der Waals surface area contributed by atoms with E-state index in [2.05, 4.69) is 12.2 Å². The summed E-state index contributed by atoms with van der Waals surface area (Å²) < 4.78 is 5.29. The molecule has 17 heavy (non-hydrogen) atoms. The van der Waals surface area contributed by atoms with Crippen LogP contribution in [0.3, 0.4) is 0 Å². The molecular formula is C12H20N2O2S.